The number of rotatable bonds is 2. The molecule has 0 aliphatic rings. The summed E-state index contributed by atoms with van der Waals surface area (Å²) in [5.74, 6) is -1.94. The molecule has 2 rings (SSSR count). The van der Waals surface area contributed by atoms with Gasteiger partial charge in [0.05, 0.1) is 0 Å². The first-order chi connectivity index (χ1) is 7.93. The lowest BCUT2D eigenvalue weighted by molar-refractivity contribution is 0.101. The van der Waals surface area contributed by atoms with E-state index >= 15 is 0 Å². The van der Waals surface area contributed by atoms with E-state index in [1.54, 1.807) is 6.07 Å². The fourth-order valence-electron chi connectivity index (χ4n) is 1.71. The van der Waals surface area contributed by atoms with E-state index in [9.17, 15) is 13.9 Å². The van der Waals surface area contributed by atoms with Crippen LogP contribution >= 0.6 is 11.3 Å². The van der Waals surface area contributed by atoms with Crippen molar-refractivity contribution in [2.24, 2.45) is 0 Å². The molecule has 1 heterocycles. The van der Waals surface area contributed by atoms with Crippen molar-refractivity contribution in [1.29, 1.82) is 0 Å². The maximum Gasteiger partial charge on any atom is 0.165 e. The molecule has 1 aromatic heterocycles. The Morgan fingerprint density at radius 2 is 1.88 bits per heavy atom. The fourth-order valence-corrected chi connectivity index (χ4v) is 2.64. The fraction of sp³-hybridized carbons (Fsp3) is 0.231. The zero-order valence-electron chi connectivity index (χ0n) is 9.50. The minimum Gasteiger partial charge on any atom is -0.380 e. The van der Waals surface area contributed by atoms with E-state index in [4.69, 9.17) is 0 Å². The Morgan fingerprint density at radius 1 is 1.18 bits per heavy atom. The first-order valence-electron chi connectivity index (χ1n) is 5.16. The lowest BCUT2D eigenvalue weighted by Gasteiger charge is -2.23. The van der Waals surface area contributed by atoms with Gasteiger partial charge in [-0.05, 0) is 32.0 Å². The Balaban J connectivity index is 2.55. The predicted octanol–water partition coefficient (Wildman–Crippen LogP) is 3.59. The monoisotopic (exact) mass is 254 g/mol. The normalized spacial score (nSPS) is 14.6. The van der Waals surface area contributed by atoms with Crippen LogP contribution in [0.3, 0.4) is 0 Å². The van der Waals surface area contributed by atoms with E-state index in [0.717, 1.165) is 10.9 Å². The van der Waals surface area contributed by atoms with E-state index in [1.807, 2.05) is 13.0 Å². The van der Waals surface area contributed by atoms with Gasteiger partial charge < -0.3 is 5.11 Å². The van der Waals surface area contributed by atoms with Gasteiger partial charge in [0.1, 0.15) is 5.60 Å². The maximum absolute atomic E-state index is 13.7. The molecule has 0 bridgehead atoms. The highest BCUT2D eigenvalue weighted by Crippen LogP contribution is 2.35. The van der Waals surface area contributed by atoms with Crippen molar-refractivity contribution in [2.45, 2.75) is 19.4 Å². The topological polar surface area (TPSA) is 20.2 Å². The lowest BCUT2D eigenvalue weighted by Crippen LogP contribution is -2.23. The van der Waals surface area contributed by atoms with Gasteiger partial charge in [0.15, 0.2) is 11.6 Å². The highest BCUT2D eigenvalue weighted by molar-refractivity contribution is 7.12. The van der Waals surface area contributed by atoms with Gasteiger partial charge >= 0.3 is 0 Å². The second-order valence-electron chi connectivity index (χ2n) is 4.08. The molecule has 0 saturated carbocycles. The number of thiophene rings is 1. The Labute approximate surface area is 102 Å². The van der Waals surface area contributed by atoms with Gasteiger partial charge in [-0.15, -0.1) is 11.3 Å². The Hall–Kier alpha value is -1.26. The van der Waals surface area contributed by atoms with Crippen molar-refractivity contribution in [3.63, 3.8) is 0 Å². The van der Waals surface area contributed by atoms with Crippen molar-refractivity contribution in [3.05, 3.63) is 57.3 Å². The van der Waals surface area contributed by atoms with Crippen molar-refractivity contribution >= 4 is 11.3 Å². The van der Waals surface area contributed by atoms with Crippen molar-refractivity contribution in [3.8, 4) is 0 Å². The van der Waals surface area contributed by atoms with Gasteiger partial charge in [-0.1, -0.05) is 12.1 Å². The summed E-state index contributed by atoms with van der Waals surface area (Å²) >= 11 is 1.36. The smallest absolute Gasteiger partial charge is 0.165 e. The Morgan fingerprint density at radius 3 is 2.47 bits per heavy atom. The van der Waals surface area contributed by atoms with Gasteiger partial charge in [0.25, 0.3) is 0 Å². The second kappa shape index (κ2) is 4.20. The molecule has 2 aromatic rings. The number of halogens is 2. The number of benzene rings is 1. The summed E-state index contributed by atoms with van der Waals surface area (Å²) in [6.07, 6.45) is 0. The predicted molar refractivity (Wildman–Crippen MR) is 64.1 cm³/mol. The molecule has 0 fully saturated rings. The van der Waals surface area contributed by atoms with Crippen LogP contribution in [-0.2, 0) is 5.60 Å². The summed E-state index contributed by atoms with van der Waals surface area (Å²) < 4.78 is 26.8. The van der Waals surface area contributed by atoms with Crippen molar-refractivity contribution in [1.82, 2.24) is 0 Å². The first kappa shape index (κ1) is 12.2. The van der Waals surface area contributed by atoms with Crippen molar-refractivity contribution < 1.29 is 13.9 Å². The van der Waals surface area contributed by atoms with Crippen LogP contribution in [0.1, 0.15) is 22.2 Å². The molecule has 0 aliphatic carbocycles. The van der Waals surface area contributed by atoms with E-state index in [-0.39, 0.29) is 5.56 Å². The molecule has 0 amide bonds. The molecule has 1 unspecified atom stereocenters. The van der Waals surface area contributed by atoms with Crippen molar-refractivity contribution in [2.75, 3.05) is 0 Å². The number of aliphatic hydroxyl groups is 1. The van der Waals surface area contributed by atoms with Crippen LogP contribution in [0.4, 0.5) is 8.78 Å². The SMILES string of the molecule is Cc1ccc(C(C)(O)c2cccc(F)c2F)s1. The molecule has 1 N–H and O–H groups in total. The molecule has 0 radical (unpaired) electrons. The number of hydrogen-bond acceptors (Lipinski definition) is 2. The van der Waals surface area contributed by atoms with Crippen LogP contribution in [0, 0.1) is 18.6 Å². The molecule has 17 heavy (non-hydrogen) atoms. The average molecular weight is 254 g/mol. The minimum absolute atomic E-state index is 0.0423. The summed E-state index contributed by atoms with van der Waals surface area (Å²) in [4.78, 5) is 1.61. The molecule has 90 valence electrons. The molecule has 0 saturated heterocycles. The largest absolute Gasteiger partial charge is 0.380 e. The molecular formula is C13H12F2OS. The third-order valence-corrected chi connectivity index (χ3v) is 3.91. The van der Waals surface area contributed by atoms with Crippen LogP contribution in [0.25, 0.3) is 0 Å². The van der Waals surface area contributed by atoms with Gasteiger partial charge in [0.2, 0.25) is 0 Å². The quantitative estimate of drug-likeness (QED) is 0.868. The molecule has 0 spiro atoms. The van der Waals surface area contributed by atoms with Gasteiger partial charge in [-0.2, -0.15) is 0 Å². The van der Waals surface area contributed by atoms with Crippen LogP contribution in [-0.4, -0.2) is 5.11 Å². The van der Waals surface area contributed by atoms with Crippen LogP contribution < -0.4 is 0 Å². The van der Waals surface area contributed by atoms with Crippen LogP contribution in [0.2, 0.25) is 0 Å². The summed E-state index contributed by atoms with van der Waals surface area (Å²) in [6, 6.07) is 7.39. The first-order valence-corrected chi connectivity index (χ1v) is 5.98. The van der Waals surface area contributed by atoms with Crippen LogP contribution in [0.15, 0.2) is 30.3 Å². The highest BCUT2D eigenvalue weighted by atomic mass is 32.1. The van der Waals surface area contributed by atoms with E-state index < -0.39 is 17.2 Å². The maximum atomic E-state index is 13.7. The second-order valence-corrected chi connectivity index (χ2v) is 5.37. The molecule has 4 heteroatoms. The zero-order chi connectivity index (χ0) is 12.6. The molecule has 1 nitrogen and oxygen atoms in total. The van der Waals surface area contributed by atoms with E-state index in [1.165, 1.54) is 30.4 Å². The molecular weight excluding hydrogens is 242 g/mol. The number of hydrogen-bond donors (Lipinski definition) is 1. The van der Waals surface area contributed by atoms with Gasteiger partial charge in [-0.25, -0.2) is 8.78 Å². The molecule has 1 aromatic carbocycles. The van der Waals surface area contributed by atoms with E-state index in [0.29, 0.717) is 4.88 Å². The summed E-state index contributed by atoms with van der Waals surface area (Å²) in [6.45, 7) is 3.36. The molecule has 1 atom stereocenters. The third-order valence-electron chi connectivity index (χ3n) is 2.70. The summed E-state index contributed by atoms with van der Waals surface area (Å²) in [7, 11) is 0. The number of aryl methyl sites for hydroxylation is 1. The zero-order valence-corrected chi connectivity index (χ0v) is 10.3. The average Bonchev–Trinajstić information content (AvgIpc) is 2.69. The van der Waals surface area contributed by atoms with E-state index in [2.05, 4.69) is 0 Å². The third kappa shape index (κ3) is 2.10. The lowest BCUT2D eigenvalue weighted by atomic mass is 9.94. The van der Waals surface area contributed by atoms with Gasteiger partial charge in [-0.3, -0.25) is 0 Å². The summed E-state index contributed by atoms with van der Waals surface area (Å²) in [5, 5.41) is 10.4. The van der Waals surface area contributed by atoms with Crippen LogP contribution in [0.5, 0.6) is 0 Å². The highest BCUT2D eigenvalue weighted by Gasteiger charge is 2.31. The standard InChI is InChI=1S/C13H12F2OS/c1-8-6-7-11(17-8)13(2,16)9-4-3-5-10(14)12(9)15/h3-7,16H,1-2H3. The minimum atomic E-state index is -1.51. The molecule has 0 aliphatic heterocycles. The Bertz CT molecular complexity index is 546. The Kier molecular flexibility index (Phi) is 3.02. The summed E-state index contributed by atoms with van der Waals surface area (Å²) in [5.41, 5.74) is -1.55. The van der Waals surface area contributed by atoms with Gasteiger partial charge in [0, 0.05) is 15.3 Å².